The molecule has 22 heavy (non-hydrogen) atoms. The van der Waals surface area contributed by atoms with Gasteiger partial charge in [-0.25, -0.2) is 4.98 Å². The van der Waals surface area contributed by atoms with Crippen LogP contribution in [0.5, 0.6) is 0 Å². The summed E-state index contributed by atoms with van der Waals surface area (Å²) < 4.78 is 0. The molecule has 3 rings (SSSR count). The number of anilines is 1. The lowest BCUT2D eigenvalue weighted by Gasteiger charge is -2.04. The second-order valence-electron chi connectivity index (χ2n) is 5.26. The molecule has 0 aliphatic carbocycles. The third-order valence-corrected chi connectivity index (χ3v) is 3.62. The van der Waals surface area contributed by atoms with Crippen molar-refractivity contribution >= 4 is 34.2 Å². The summed E-state index contributed by atoms with van der Waals surface area (Å²) in [5.41, 5.74) is 3.82. The highest BCUT2D eigenvalue weighted by Crippen LogP contribution is 2.16. The number of hydrogen-bond acceptors (Lipinski definition) is 2. The van der Waals surface area contributed by atoms with E-state index >= 15 is 0 Å². The standard InChI is InChI=1S/C17H16ClN3O/c1-11-5-6-14-15(9-11)21-16(20-14)7-8-17(22)19-13-4-2-3-12(18)10-13/h2-6,9-10H,7-8H2,1H3,(H,19,22)(H,20,21). The van der Waals surface area contributed by atoms with Gasteiger partial charge >= 0.3 is 0 Å². The van der Waals surface area contributed by atoms with E-state index in [2.05, 4.69) is 21.4 Å². The van der Waals surface area contributed by atoms with Gasteiger partial charge in [-0.05, 0) is 42.8 Å². The number of halogens is 1. The van der Waals surface area contributed by atoms with E-state index < -0.39 is 0 Å². The van der Waals surface area contributed by atoms with E-state index in [4.69, 9.17) is 11.6 Å². The topological polar surface area (TPSA) is 57.8 Å². The fraction of sp³-hybridized carbons (Fsp3) is 0.176. The molecule has 0 atom stereocenters. The van der Waals surface area contributed by atoms with E-state index in [-0.39, 0.29) is 5.91 Å². The molecule has 0 saturated carbocycles. The summed E-state index contributed by atoms with van der Waals surface area (Å²) in [7, 11) is 0. The van der Waals surface area contributed by atoms with Crippen LogP contribution < -0.4 is 5.32 Å². The molecule has 0 saturated heterocycles. The largest absolute Gasteiger partial charge is 0.342 e. The Morgan fingerprint density at radius 3 is 2.95 bits per heavy atom. The fourth-order valence-electron chi connectivity index (χ4n) is 2.32. The molecular formula is C17H16ClN3O. The Bertz CT molecular complexity index is 826. The Morgan fingerprint density at radius 2 is 2.14 bits per heavy atom. The number of aromatic amines is 1. The van der Waals surface area contributed by atoms with Crippen molar-refractivity contribution in [3.8, 4) is 0 Å². The SMILES string of the molecule is Cc1ccc2nc(CCC(=O)Nc3cccc(Cl)c3)[nH]c2c1. The Labute approximate surface area is 133 Å². The van der Waals surface area contributed by atoms with Crippen LogP contribution in [0.2, 0.25) is 5.02 Å². The number of benzene rings is 2. The summed E-state index contributed by atoms with van der Waals surface area (Å²) in [4.78, 5) is 19.7. The molecule has 0 fully saturated rings. The van der Waals surface area contributed by atoms with Crippen LogP contribution in [0.4, 0.5) is 5.69 Å². The maximum absolute atomic E-state index is 12.0. The average Bonchev–Trinajstić information content (AvgIpc) is 2.87. The van der Waals surface area contributed by atoms with Gasteiger partial charge in [0, 0.05) is 23.6 Å². The number of hydrogen-bond donors (Lipinski definition) is 2. The van der Waals surface area contributed by atoms with Gasteiger partial charge in [-0.3, -0.25) is 4.79 Å². The van der Waals surface area contributed by atoms with Crippen molar-refractivity contribution in [3.63, 3.8) is 0 Å². The molecule has 2 N–H and O–H groups in total. The minimum Gasteiger partial charge on any atom is -0.342 e. The van der Waals surface area contributed by atoms with Crippen LogP contribution in [-0.4, -0.2) is 15.9 Å². The van der Waals surface area contributed by atoms with Crippen LogP contribution in [0.1, 0.15) is 17.8 Å². The fourth-order valence-corrected chi connectivity index (χ4v) is 2.51. The lowest BCUT2D eigenvalue weighted by atomic mass is 10.2. The Kier molecular flexibility index (Phi) is 4.11. The van der Waals surface area contributed by atoms with Crippen LogP contribution in [0.3, 0.4) is 0 Å². The molecule has 112 valence electrons. The predicted octanol–water partition coefficient (Wildman–Crippen LogP) is 4.10. The van der Waals surface area contributed by atoms with Crippen molar-refractivity contribution in [1.29, 1.82) is 0 Å². The summed E-state index contributed by atoms with van der Waals surface area (Å²) in [5.74, 6) is 0.765. The number of aromatic nitrogens is 2. The number of amides is 1. The van der Waals surface area contributed by atoms with E-state index in [1.807, 2.05) is 25.1 Å². The molecule has 1 aromatic heterocycles. The first-order valence-electron chi connectivity index (χ1n) is 7.11. The Hall–Kier alpha value is -2.33. The van der Waals surface area contributed by atoms with Crippen molar-refractivity contribution in [2.24, 2.45) is 0 Å². The number of aryl methyl sites for hydroxylation is 2. The quantitative estimate of drug-likeness (QED) is 0.762. The van der Waals surface area contributed by atoms with Gasteiger partial charge in [0.1, 0.15) is 5.82 Å². The molecule has 4 nitrogen and oxygen atoms in total. The van der Waals surface area contributed by atoms with Gasteiger partial charge in [0.25, 0.3) is 0 Å². The van der Waals surface area contributed by atoms with Crippen molar-refractivity contribution in [1.82, 2.24) is 9.97 Å². The van der Waals surface area contributed by atoms with Gasteiger partial charge in [0.2, 0.25) is 5.91 Å². The second-order valence-corrected chi connectivity index (χ2v) is 5.70. The van der Waals surface area contributed by atoms with Crippen molar-refractivity contribution < 1.29 is 4.79 Å². The lowest BCUT2D eigenvalue weighted by molar-refractivity contribution is -0.116. The minimum atomic E-state index is -0.0566. The van der Waals surface area contributed by atoms with Crippen LogP contribution in [0.25, 0.3) is 11.0 Å². The molecule has 0 unspecified atom stereocenters. The Balaban J connectivity index is 1.62. The first-order chi connectivity index (χ1) is 10.6. The average molecular weight is 314 g/mol. The highest BCUT2D eigenvalue weighted by Gasteiger charge is 2.07. The van der Waals surface area contributed by atoms with Gasteiger partial charge in [-0.1, -0.05) is 23.7 Å². The summed E-state index contributed by atoms with van der Waals surface area (Å²) in [6, 6.07) is 13.2. The molecule has 1 heterocycles. The Morgan fingerprint density at radius 1 is 1.27 bits per heavy atom. The van der Waals surface area contributed by atoms with Crippen LogP contribution in [-0.2, 0) is 11.2 Å². The second kappa shape index (κ2) is 6.20. The van der Waals surface area contributed by atoms with E-state index in [0.29, 0.717) is 23.6 Å². The van der Waals surface area contributed by atoms with Crippen molar-refractivity contribution in [2.75, 3.05) is 5.32 Å². The highest BCUT2D eigenvalue weighted by molar-refractivity contribution is 6.30. The molecule has 1 amide bonds. The molecule has 0 radical (unpaired) electrons. The number of carbonyl (C=O) groups excluding carboxylic acids is 1. The van der Waals surface area contributed by atoms with Crippen LogP contribution in [0, 0.1) is 6.92 Å². The number of H-pyrrole nitrogens is 1. The third-order valence-electron chi connectivity index (χ3n) is 3.38. The zero-order valence-electron chi connectivity index (χ0n) is 12.2. The van der Waals surface area contributed by atoms with Crippen LogP contribution in [0.15, 0.2) is 42.5 Å². The molecule has 0 aliphatic rings. The van der Waals surface area contributed by atoms with E-state index in [1.54, 1.807) is 18.2 Å². The highest BCUT2D eigenvalue weighted by atomic mass is 35.5. The number of nitrogens with zero attached hydrogens (tertiary/aromatic N) is 1. The maximum Gasteiger partial charge on any atom is 0.224 e. The summed E-state index contributed by atoms with van der Waals surface area (Å²) in [6.07, 6.45) is 0.936. The smallest absolute Gasteiger partial charge is 0.224 e. The zero-order valence-corrected chi connectivity index (χ0v) is 12.9. The number of fused-ring (bicyclic) bond motifs is 1. The maximum atomic E-state index is 12.0. The molecule has 0 aliphatic heterocycles. The molecule has 3 aromatic rings. The molecule has 5 heteroatoms. The van der Waals surface area contributed by atoms with E-state index in [1.165, 1.54) is 5.56 Å². The number of carbonyl (C=O) groups is 1. The normalized spacial score (nSPS) is 10.8. The summed E-state index contributed by atoms with van der Waals surface area (Å²) in [6.45, 7) is 2.04. The number of imidazole rings is 1. The van der Waals surface area contributed by atoms with E-state index in [0.717, 1.165) is 16.9 Å². The number of nitrogens with one attached hydrogen (secondary N) is 2. The van der Waals surface area contributed by atoms with Crippen LogP contribution >= 0.6 is 11.6 Å². The lowest BCUT2D eigenvalue weighted by Crippen LogP contribution is -2.12. The monoisotopic (exact) mass is 313 g/mol. The van der Waals surface area contributed by atoms with E-state index in [9.17, 15) is 4.79 Å². The molecule has 0 spiro atoms. The van der Waals surface area contributed by atoms with Gasteiger partial charge in [0.15, 0.2) is 0 Å². The van der Waals surface area contributed by atoms with Gasteiger partial charge in [-0.2, -0.15) is 0 Å². The van der Waals surface area contributed by atoms with Crippen molar-refractivity contribution in [3.05, 3.63) is 58.9 Å². The van der Waals surface area contributed by atoms with Gasteiger partial charge < -0.3 is 10.3 Å². The zero-order chi connectivity index (χ0) is 15.5. The summed E-state index contributed by atoms with van der Waals surface area (Å²) in [5, 5.41) is 3.43. The number of rotatable bonds is 4. The first kappa shape index (κ1) is 14.6. The molecular weight excluding hydrogens is 298 g/mol. The van der Waals surface area contributed by atoms with Crippen molar-refractivity contribution in [2.45, 2.75) is 19.8 Å². The summed E-state index contributed by atoms with van der Waals surface area (Å²) >= 11 is 5.89. The minimum absolute atomic E-state index is 0.0566. The first-order valence-corrected chi connectivity index (χ1v) is 7.48. The third kappa shape index (κ3) is 3.46. The van der Waals surface area contributed by atoms with Gasteiger partial charge in [0.05, 0.1) is 11.0 Å². The molecule has 0 bridgehead atoms. The predicted molar refractivity (Wildman–Crippen MR) is 89.2 cm³/mol. The van der Waals surface area contributed by atoms with Gasteiger partial charge in [-0.15, -0.1) is 0 Å². The molecule has 2 aromatic carbocycles.